The normalized spacial score (nSPS) is 10.7. The Balaban J connectivity index is 1.47. The fourth-order valence-electron chi connectivity index (χ4n) is 4.45. The summed E-state index contributed by atoms with van der Waals surface area (Å²) in [5.41, 5.74) is 0.338. The van der Waals surface area contributed by atoms with E-state index in [0.717, 1.165) is 40.7 Å². The van der Waals surface area contributed by atoms with Crippen LogP contribution in [0.25, 0.3) is 11.1 Å². The zero-order valence-corrected chi connectivity index (χ0v) is 22.8. The van der Waals surface area contributed by atoms with Crippen molar-refractivity contribution in [3.63, 3.8) is 0 Å². The first kappa shape index (κ1) is 28.1. The van der Waals surface area contributed by atoms with E-state index < -0.39 is 39.4 Å². The van der Waals surface area contributed by atoms with E-state index in [9.17, 15) is 23.5 Å². The van der Waals surface area contributed by atoms with Gasteiger partial charge in [-0.3, -0.25) is 9.59 Å². The number of benzene rings is 4. The van der Waals surface area contributed by atoms with Crippen LogP contribution in [0.15, 0.2) is 94.5 Å². The smallest absolute Gasteiger partial charge is 0.270 e. The van der Waals surface area contributed by atoms with Gasteiger partial charge in [0.05, 0.1) is 18.8 Å². The van der Waals surface area contributed by atoms with Gasteiger partial charge in [-0.1, -0.05) is 24.0 Å². The van der Waals surface area contributed by atoms with E-state index in [1.165, 1.54) is 0 Å². The summed E-state index contributed by atoms with van der Waals surface area (Å²) < 4.78 is 40.9. The van der Waals surface area contributed by atoms with E-state index >= 15 is 0 Å². The Morgan fingerprint density at radius 3 is 1.50 bits per heavy atom. The molecule has 0 aromatic heterocycles. The van der Waals surface area contributed by atoms with Gasteiger partial charge < -0.3 is 19.5 Å². The zero-order valence-electron chi connectivity index (χ0n) is 22.8. The van der Waals surface area contributed by atoms with Crippen LogP contribution in [0.4, 0.5) is 25.8 Å². The molecular weight excluding hydrogens is 540 g/mol. The molecule has 0 heterocycles. The molecule has 0 amide bonds. The summed E-state index contributed by atoms with van der Waals surface area (Å²) in [6.07, 6.45) is 0. The van der Waals surface area contributed by atoms with Crippen LogP contribution in [0.1, 0.15) is 25.0 Å². The number of ether oxygens (including phenoxy) is 2. The Morgan fingerprint density at radius 2 is 1.07 bits per heavy atom. The molecule has 210 valence electrons. The molecule has 0 atom stereocenters. The van der Waals surface area contributed by atoms with Gasteiger partial charge in [-0.2, -0.15) is 0 Å². The minimum atomic E-state index is -1.07. The molecule has 5 rings (SSSR count). The number of nitrogens with zero attached hydrogens (tertiary/aromatic N) is 1. The number of aromatic hydroxyl groups is 1. The molecular formula is C34H25F2NO5. The third-order valence-corrected chi connectivity index (χ3v) is 6.51. The van der Waals surface area contributed by atoms with E-state index in [2.05, 4.69) is 11.8 Å². The van der Waals surface area contributed by atoms with Crippen molar-refractivity contribution in [2.75, 3.05) is 18.1 Å². The van der Waals surface area contributed by atoms with Crippen molar-refractivity contribution in [2.45, 2.75) is 13.8 Å². The lowest BCUT2D eigenvalue weighted by atomic mass is 10.0. The first-order chi connectivity index (χ1) is 20.3. The molecule has 5 aromatic carbocycles. The van der Waals surface area contributed by atoms with Crippen LogP contribution in [0.2, 0.25) is 0 Å². The van der Waals surface area contributed by atoms with E-state index in [4.69, 9.17) is 9.47 Å². The molecule has 0 saturated heterocycles. The second-order valence-corrected chi connectivity index (χ2v) is 9.18. The average Bonchev–Trinajstić information content (AvgIpc) is 3.00. The summed E-state index contributed by atoms with van der Waals surface area (Å²) in [6, 6.07) is 24.8. The number of rotatable bonds is 8. The molecule has 0 spiro atoms. The van der Waals surface area contributed by atoms with Crippen molar-refractivity contribution >= 4 is 17.1 Å². The van der Waals surface area contributed by atoms with Gasteiger partial charge in [0.15, 0.2) is 5.75 Å². The van der Waals surface area contributed by atoms with Crippen LogP contribution >= 0.6 is 0 Å². The Bertz CT molecular complexity index is 1790. The van der Waals surface area contributed by atoms with Crippen LogP contribution in [0.3, 0.4) is 0 Å². The highest BCUT2D eigenvalue weighted by atomic mass is 19.1. The largest absolute Gasteiger partial charge is 0.503 e. The summed E-state index contributed by atoms with van der Waals surface area (Å²) in [4.78, 5) is 24.6. The fraction of sp³-hybridized carbons (Fsp3) is 0.118. The number of halogens is 2. The summed E-state index contributed by atoms with van der Waals surface area (Å²) >= 11 is 0. The predicted molar refractivity (Wildman–Crippen MR) is 158 cm³/mol. The summed E-state index contributed by atoms with van der Waals surface area (Å²) in [7, 11) is 0. The standard InChI is InChI=1S/C34H25F2NO5/c1-3-41-26-13-9-24(10-14-26)37(25-11-15-27(16-12-25)42-4-2)23-7-5-21(6-8-23)22-19-30(35)28(31(36)20-22)17-18-29-32(38)34(40)33(29)39/h5-16,19-20,38H,3-4H2,1-2H3. The third kappa shape index (κ3) is 5.58. The minimum Gasteiger partial charge on any atom is -0.503 e. The molecule has 8 heteroatoms. The van der Waals surface area contributed by atoms with Crippen LogP contribution in [0, 0.1) is 23.5 Å². The first-order valence-corrected chi connectivity index (χ1v) is 13.2. The predicted octanol–water partition coefficient (Wildman–Crippen LogP) is 6.60. The Kier molecular flexibility index (Phi) is 8.02. The quantitative estimate of drug-likeness (QED) is 0.169. The van der Waals surface area contributed by atoms with Gasteiger partial charge in [-0.15, -0.1) is 0 Å². The number of anilines is 3. The molecule has 0 aliphatic heterocycles. The monoisotopic (exact) mass is 565 g/mol. The van der Waals surface area contributed by atoms with E-state index in [0.29, 0.717) is 18.8 Å². The van der Waals surface area contributed by atoms with Gasteiger partial charge in [0.25, 0.3) is 5.43 Å². The van der Waals surface area contributed by atoms with Crippen molar-refractivity contribution in [3.05, 3.63) is 128 Å². The van der Waals surface area contributed by atoms with Crippen molar-refractivity contribution in [3.8, 4) is 40.2 Å². The topological polar surface area (TPSA) is 76.1 Å². The van der Waals surface area contributed by atoms with Gasteiger partial charge in [0.2, 0.25) is 5.43 Å². The molecule has 6 nitrogen and oxygen atoms in total. The van der Waals surface area contributed by atoms with Crippen LogP contribution < -0.4 is 25.2 Å². The van der Waals surface area contributed by atoms with Crippen molar-refractivity contribution in [1.82, 2.24) is 0 Å². The lowest BCUT2D eigenvalue weighted by molar-refractivity contribution is 0.340. The first-order valence-electron chi connectivity index (χ1n) is 13.2. The minimum absolute atomic E-state index is 0.285. The number of hydrogen-bond donors (Lipinski definition) is 1. The van der Waals surface area contributed by atoms with E-state index in [1.54, 1.807) is 12.1 Å². The van der Waals surface area contributed by atoms with Gasteiger partial charge in [-0.05, 0) is 97.8 Å². The molecule has 0 saturated carbocycles. The van der Waals surface area contributed by atoms with Gasteiger partial charge in [0, 0.05) is 17.1 Å². The Morgan fingerprint density at radius 1 is 0.643 bits per heavy atom. The van der Waals surface area contributed by atoms with Gasteiger partial charge in [-0.25, -0.2) is 8.78 Å². The Hall–Kier alpha value is -5.42. The lowest BCUT2D eigenvalue weighted by Crippen LogP contribution is -2.33. The van der Waals surface area contributed by atoms with Crippen molar-refractivity contribution in [2.24, 2.45) is 0 Å². The van der Waals surface area contributed by atoms with Crippen LogP contribution in [-0.4, -0.2) is 18.3 Å². The average molecular weight is 566 g/mol. The zero-order chi connectivity index (χ0) is 29.8. The maximum absolute atomic E-state index is 14.9. The maximum atomic E-state index is 14.9. The van der Waals surface area contributed by atoms with E-state index in [-0.39, 0.29) is 5.56 Å². The van der Waals surface area contributed by atoms with Crippen molar-refractivity contribution in [1.29, 1.82) is 0 Å². The van der Waals surface area contributed by atoms with Crippen LogP contribution in [0.5, 0.6) is 17.2 Å². The SMILES string of the molecule is CCOc1ccc(N(c2ccc(OCC)cc2)c2ccc(-c3cc(F)c(C#Cc4c(O)c(=O)c4=O)c(F)c3)cc2)cc1. The number of hydrogen-bond acceptors (Lipinski definition) is 6. The molecule has 0 aliphatic rings. The molecule has 0 radical (unpaired) electrons. The van der Waals surface area contributed by atoms with Crippen molar-refractivity contribution < 1.29 is 23.4 Å². The molecule has 0 unspecified atom stereocenters. The maximum Gasteiger partial charge on any atom is 0.270 e. The molecule has 0 fully saturated rings. The highest BCUT2D eigenvalue weighted by Gasteiger charge is 2.19. The third-order valence-electron chi connectivity index (χ3n) is 6.51. The lowest BCUT2D eigenvalue weighted by Gasteiger charge is -2.26. The van der Waals surface area contributed by atoms with Gasteiger partial charge in [0.1, 0.15) is 28.7 Å². The Labute approximate surface area is 240 Å². The summed E-state index contributed by atoms with van der Waals surface area (Å²) in [5.74, 6) is 3.23. The van der Waals surface area contributed by atoms with Crippen LogP contribution in [-0.2, 0) is 0 Å². The fourth-order valence-corrected chi connectivity index (χ4v) is 4.45. The van der Waals surface area contributed by atoms with Gasteiger partial charge >= 0.3 is 0 Å². The molecule has 5 aromatic rings. The van der Waals surface area contributed by atoms with E-state index in [1.807, 2.05) is 79.4 Å². The molecule has 42 heavy (non-hydrogen) atoms. The second kappa shape index (κ2) is 12.0. The second-order valence-electron chi connectivity index (χ2n) is 9.18. The highest BCUT2D eigenvalue weighted by Crippen LogP contribution is 2.37. The molecule has 0 bridgehead atoms. The molecule has 1 N–H and O–H groups in total. The summed E-state index contributed by atoms with van der Waals surface area (Å²) in [6.45, 7) is 4.95. The highest BCUT2D eigenvalue weighted by molar-refractivity contribution is 5.79. The summed E-state index contributed by atoms with van der Waals surface area (Å²) in [5, 5.41) is 9.44. The molecule has 0 aliphatic carbocycles.